The number of aromatic nitrogens is 4. The molecule has 4 N–H and O–H groups in total. The first-order valence-corrected chi connectivity index (χ1v) is 7.00. The van der Waals surface area contributed by atoms with E-state index in [9.17, 15) is 9.59 Å². The summed E-state index contributed by atoms with van der Waals surface area (Å²) in [4.78, 5) is 26.3. The summed E-state index contributed by atoms with van der Waals surface area (Å²) in [7, 11) is 0. The summed E-state index contributed by atoms with van der Waals surface area (Å²) in [6.45, 7) is 0.715. The highest BCUT2D eigenvalue weighted by Gasteiger charge is 2.09. The maximum atomic E-state index is 11.7. The molecule has 0 bridgehead atoms. The molecule has 2 aromatic rings. The molecule has 2 rings (SSSR count). The fraction of sp³-hybridized carbons (Fsp3) is 0.364. The summed E-state index contributed by atoms with van der Waals surface area (Å²) in [6, 6.07) is 0. The second kappa shape index (κ2) is 6.90. The lowest BCUT2D eigenvalue weighted by atomic mass is 10.4. The molecule has 0 aliphatic carbocycles. The Labute approximate surface area is 123 Å². The van der Waals surface area contributed by atoms with Gasteiger partial charge in [0.15, 0.2) is 5.69 Å². The third kappa shape index (κ3) is 4.33. The minimum absolute atomic E-state index is 0.0262. The van der Waals surface area contributed by atoms with Crippen molar-refractivity contribution in [3.8, 4) is 0 Å². The van der Waals surface area contributed by atoms with Crippen LogP contribution in [-0.2, 0) is 24.3 Å². The lowest BCUT2D eigenvalue weighted by Gasteiger charge is -2.03. The van der Waals surface area contributed by atoms with E-state index >= 15 is 0 Å². The zero-order valence-electron chi connectivity index (χ0n) is 11.0. The zero-order chi connectivity index (χ0) is 15.2. The first kappa shape index (κ1) is 15.1. The van der Waals surface area contributed by atoms with Gasteiger partial charge in [0.2, 0.25) is 5.91 Å². The van der Waals surface area contributed by atoms with Crippen LogP contribution in [0.2, 0.25) is 0 Å². The van der Waals surface area contributed by atoms with Gasteiger partial charge in [0.05, 0.1) is 16.9 Å². The molecule has 9 nitrogen and oxygen atoms in total. The number of carboxylic acids is 1. The predicted octanol–water partition coefficient (Wildman–Crippen LogP) is -0.750. The fourth-order valence-corrected chi connectivity index (χ4v) is 2.32. The summed E-state index contributed by atoms with van der Waals surface area (Å²) < 4.78 is 1.41. The van der Waals surface area contributed by atoms with E-state index in [-0.39, 0.29) is 24.7 Å². The number of carboxylic acid groups (broad SMARTS) is 1. The van der Waals surface area contributed by atoms with Crippen molar-refractivity contribution in [1.29, 1.82) is 0 Å². The summed E-state index contributed by atoms with van der Waals surface area (Å²) in [5, 5.41) is 21.1. The molecule has 0 aromatic carbocycles. The summed E-state index contributed by atoms with van der Waals surface area (Å²) in [5.74, 6) is -1.26. The van der Waals surface area contributed by atoms with Crippen LogP contribution in [-0.4, -0.2) is 43.5 Å². The number of aromatic carboxylic acids is 1. The minimum Gasteiger partial charge on any atom is -0.476 e. The van der Waals surface area contributed by atoms with Crippen molar-refractivity contribution in [2.75, 3.05) is 6.54 Å². The summed E-state index contributed by atoms with van der Waals surface area (Å²) >= 11 is 1.26. The first-order chi connectivity index (χ1) is 10.1. The molecule has 0 radical (unpaired) electrons. The van der Waals surface area contributed by atoms with Crippen molar-refractivity contribution >= 4 is 23.2 Å². The van der Waals surface area contributed by atoms with Gasteiger partial charge in [0.25, 0.3) is 0 Å². The molecule has 2 heterocycles. The van der Waals surface area contributed by atoms with Crippen molar-refractivity contribution < 1.29 is 14.7 Å². The topological polar surface area (TPSA) is 136 Å². The van der Waals surface area contributed by atoms with Crippen LogP contribution in [0, 0.1) is 0 Å². The number of amides is 1. The number of nitrogens with two attached hydrogens (primary N) is 1. The number of hydrogen-bond donors (Lipinski definition) is 3. The molecular formula is C11H14N6O3S. The van der Waals surface area contributed by atoms with Gasteiger partial charge in [-0.3, -0.25) is 4.79 Å². The van der Waals surface area contributed by atoms with E-state index in [1.54, 1.807) is 6.20 Å². The Kier molecular flexibility index (Phi) is 4.95. The number of nitrogens with zero attached hydrogens (tertiary/aromatic N) is 4. The Morgan fingerprint density at radius 1 is 1.48 bits per heavy atom. The molecule has 0 spiro atoms. The minimum atomic E-state index is -1.05. The van der Waals surface area contributed by atoms with E-state index in [4.69, 9.17) is 10.8 Å². The lowest BCUT2D eigenvalue weighted by molar-refractivity contribution is -0.121. The largest absolute Gasteiger partial charge is 0.476 e. The Bertz CT molecular complexity index is 637. The van der Waals surface area contributed by atoms with Gasteiger partial charge >= 0.3 is 5.97 Å². The standard InChI is InChI=1S/C11H14N6O3S/c12-3-7-4-17(16-15-7)5-9(18)13-2-1-10-14-8(6-21-10)11(19)20/h4,6H,1-3,5,12H2,(H,13,18)(H,19,20). The van der Waals surface area contributed by atoms with Crippen LogP contribution in [0.5, 0.6) is 0 Å². The average molecular weight is 310 g/mol. The number of hydrogen-bond acceptors (Lipinski definition) is 7. The first-order valence-electron chi connectivity index (χ1n) is 6.12. The van der Waals surface area contributed by atoms with E-state index < -0.39 is 5.97 Å². The quantitative estimate of drug-likeness (QED) is 0.612. The van der Waals surface area contributed by atoms with Gasteiger partial charge in [0.1, 0.15) is 6.54 Å². The Morgan fingerprint density at radius 2 is 2.29 bits per heavy atom. The highest BCUT2D eigenvalue weighted by molar-refractivity contribution is 7.09. The number of carbonyl (C=O) groups is 2. The van der Waals surface area contributed by atoms with Crippen molar-refractivity contribution in [3.05, 3.63) is 28.0 Å². The molecule has 2 aromatic heterocycles. The normalized spacial score (nSPS) is 10.5. The number of thiazole rings is 1. The molecule has 10 heteroatoms. The van der Waals surface area contributed by atoms with Gasteiger partial charge in [-0.15, -0.1) is 16.4 Å². The molecule has 0 unspecified atom stereocenters. The van der Waals surface area contributed by atoms with Crippen molar-refractivity contribution in [1.82, 2.24) is 25.3 Å². The molecule has 112 valence electrons. The highest BCUT2D eigenvalue weighted by atomic mass is 32.1. The maximum Gasteiger partial charge on any atom is 0.355 e. The van der Waals surface area contributed by atoms with Gasteiger partial charge < -0.3 is 16.2 Å². The van der Waals surface area contributed by atoms with Crippen molar-refractivity contribution in [2.24, 2.45) is 5.73 Å². The van der Waals surface area contributed by atoms with Gasteiger partial charge in [-0.1, -0.05) is 5.21 Å². The van der Waals surface area contributed by atoms with Crippen molar-refractivity contribution in [2.45, 2.75) is 19.5 Å². The average Bonchev–Trinajstić information content (AvgIpc) is 3.07. The van der Waals surface area contributed by atoms with Crippen LogP contribution in [0.3, 0.4) is 0 Å². The number of carbonyl (C=O) groups excluding carboxylic acids is 1. The van der Waals surface area contributed by atoms with Crippen LogP contribution in [0.25, 0.3) is 0 Å². The highest BCUT2D eigenvalue weighted by Crippen LogP contribution is 2.09. The SMILES string of the molecule is NCc1cn(CC(=O)NCCc2nc(C(=O)O)cs2)nn1. The smallest absolute Gasteiger partial charge is 0.355 e. The molecule has 0 aliphatic rings. The second-order valence-electron chi connectivity index (χ2n) is 4.14. The van der Waals surface area contributed by atoms with Crippen LogP contribution in [0.15, 0.2) is 11.6 Å². The lowest BCUT2D eigenvalue weighted by Crippen LogP contribution is -2.29. The predicted molar refractivity (Wildman–Crippen MR) is 73.7 cm³/mol. The third-order valence-corrected chi connectivity index (χ3v) is 3.44. The van der Waals surface area contributed by atoms with E-state index in [1.807, 2.05) is 0 Å². The molecule has 1 amide bonds. The third-order valence-electron chi connectivity index (χ3n) is 2.53. The molecule has 21 heavy (non-hydrogen) atoms. The van der Waals surface area contributed by atoms with E-state index in [0.717, 1.165) is 0 Å². The van der Waals surface area contributed by atoms with Gasteiger partial charge in [0, 0.05) is 24.9 Å². The van der Waals surface area contributed by atoms with Gasteiger partial charge in [-0.25, -0.2) is 14.5 Å². The van der Waals surface area contributed by atoms with Crippen molar-refractivity contribution in [3.63, 3.8) is 0 Å². The van der Waals surface area contributed by atoms with Gasteiger partial charge in [-0.2, -0.15) is 0 Å². The molecule has 0 aliphatic heterocycles. The molecule has 0 saturated heterocycles. The summed E-state index contributed by atoms with van der Waals surface area (Å²) in [5.41, 5.74) is 6.04. The molecule has 0 saturated carbocycles. The van der Waals surface area contributed by atoms with Crippen LogP contribution < -0.4 is 11.1 Å². The number of nitrogens with one attached hydrogen (secondary N) is 1. The van der Waals surface area contributed by atoms with E-state index in [2.05, 4.69) is 20.6 Å². The Morgan fingerprint density at radius 3 is 2.90 bits per heavy atom. The van der Waals surface area contributed by atoms with Crippen LogP contribution >= 0.6 is 11.3 Å². The number of rotatable bonds is 7. The summed E-state index contributed by atoms with van der Waals surface area (Å²) in [6.07, 6.45) is 2.09. The Hall–Kier alpha value is -2.33. The maximum absolute atomic E-state index is 11.7. The zero-order valence-corrected chi connectivity index (χ0v) is 11.8. The van der Waals surface area contributed by atoms with E-state index in [0.29, 0.717) is 23.7 Å². The van der Waals surface area contributed by atoms with Crippen LogP contribution in [0.1, 0.15) is 21.2 Å². The van der Waals surface area contributed by atoms with Crippen LogP contribution in [0.4, 0.5) is 0 Å². The van der Waals surface area contributed by atoms with Gasteiger partial charge in [-0.05, 0) is 0 Å². The molecular weight excluding hydrogens is 296 g/mol. The second-order valence-corrected chi connectivity index (χ2v) is 5.09. The monoisotopic (exact) mass is 310 g/mol. The van der Waals surface area contributed by atoms with E-state index in [1.165, 1.54) is 21.4 Å². The molecule has 0 fully saturated rings. The molecule has 0 atom stereocenters. The fourth-order valence-electron chi connectivity index (χ4n) is 1.55. The Balaban J connectivity index is 1.74.